The number of nitrogens with one attached hydrogen (secondary N) is 1. The normalized spacial score (nSPS) is 20.3. The number of rotatable bonds is 3. The Balaban J connectivity index is 1.33. The molecule has 12 heteroatoms. The highest BCUT2D eigenvalue weighted by Gasteiger charge is 2.37. The predicted octanol–water partition coefficient (Wildman–Crippen LogP) is 2.48. The molecule has 5 rings (SSSR count). The molecule has 11 nitrogen and oxygen atoms in total. The third kappa shape index (κ3) is 5.78. The Hall–Kier alpha value is -3.44. The van der Waals surface area contributed by atoms with E-state index in [9.17, 15) is 9.59 Å². The molecule has 1 aromatic carbocycles. The van der Waals surface area contributed by atoms with Crippen LogP contribution in [0.25, 0.3) is 0 Å². The lowest BCUT2D eigenvalue weighted by Gasteiger charge is -2.20. The average Bonchev–Trinajstić information content (AvgIpc) is 3.59. The fourth-order valence-electron chi connectivity index (χ4n) is 4.66. The van der Waals surface area contributed by atoms with E-state index in [-0.39, 0.29) is 18.4 Å². The number of ether oxygens (including phenoxy) is 2. The highest BCUT2D eigenvalue weighted by atomic mass is 35.5. The largest absolute Gasteiger partial charge is 0.492 e. The summed E-state index contributed by atoms with van der Waals surface area (Å²) >= 11 is 6.28. The Kier molecular flexibility index (Phi) is 7.43. The molecule has 4 bridgehead atoms. The van der Waals surface area contributed by atoms with Crippen LogP contribution in [0.5, 0.6) is 5.75 Å². The molecular weight excluding hydrogens is 500 g/mol. The van der Waals surface area contributed by atoms with E-state index in [1.165, 1.54) is 0 Å². The molecule has 3 aromatic rings. The van der Waals surface area contributed by atoms with Crippen molar-refractivity contribution in [2.24, 2.45) is 0 Å². The van der Waals surface area contributed by atoms with Crippen LogP contribution in [0, 0.1) is 13.8 Å². The second kappa shape index (κ2) is 10.9. The Morgan fingerprint density at radius 3 is 2.95 bits per heavy atom. The van der Waals surface area contributed by atoms with Crippen molar-refractivity contribution in [3.8, 4) is 5.75 Å². The van der Waals surface area contributed by atoms with Crippen molar-refractivity contribution in [2.45, 2.75) is 58.4 Å². The van der Waals surface area contributed by atoms with Crippen LogP contribution in [0.4, 0.5) is 0 Å². The minimum absolute atomic E-state index is 0.0237. The van der Waals surface area contributed by atoms with Crippen LogP contribution in [0.3, 0.4) is 0 Å². The molecular formula is C25H29ClN6O5. The topological polar surface area (TPSA) is 125 Å². The summed E-state index contributed by atoms with van der Waals surface area (Å²) < 4.78 is 18.9. The molecule has 1 saturated heterocycles. The fraction of sp³-hybridized carbons (Fsp3) is 0.480. The monoisotopic (exact) mass is 528 g/mol. The summed E-state index contributed by atoms with van der Waals surface area (Å²) in [5.41, 5.74) is 2.84. The van der Waals surface area contributed by atoms with Crippen molar-refractivity contribution < 1.29 is 23.6 Å². The molecule has 2 aromatic heterocycles. The number of fused-ring (bicyclic) bond motifs is 5. The van der Waals surface area contributed by atoms with Crippen LogP contribution in [-0.2, 0) is 29.1 Å². The van der Waals surface area contributed by atoms with Crippen LogP contribution in [0.1, 0.15) is 45.9 Å². The molecule has 0 unspecified atom stereocenters. The number of hydrogen-bond donors (Lipinski definition) is 1. The number of halogens is 1. The second-order valence-electron chi connectivity index (χ2n) is 9.35. The Bertz CT molecular complexity index is 1270. The van der Waals surface area contributed by atoms with Crippen molar-refractivity contribution in [1.82, 2.24) is 30.4 Å². The van der Waals surface area contributed by atoms with E-state index < -0.39 is 12.1 Å². The van der Waals surface area contributed by atoms with Crippen molar-refractivity contribution >= 4 is 23.4 Å². The molecule has 2 atom stereocenters. The molecule has 2 amide bonds. The van der Waals surface area contributed by atoms with E-state index in [1.807, 2.05) is 20.0 Å². The number of aromatic nitrogens is 4. The zero-order valence-corrected chi connectivity index (χ0v) is 21.5. The van der Waals surface area contributed by atoms with Gasteiger partial charge in [0.25, 0.3) is 5.91 Å². The molecule has 1 N–H and O–H groups in total. The van der Waals surface area contributed by atoms with Gasteiger partial charge in [0.1, 0.15) is 17.2 Å². The first-order chi connectivity index (χ1) is 17.9. The molecule has 0 spiro atoms. The van der Waals surface area contributed by atoms with Gasteiger partial charge < -0.3 is 24.2 Å². The summed E-state index contributed by atoms with van der Waals surface area (Å²) in [6.07, 6.45) is 2.95. The van der Waals surface area contributed by atoms with Gasteiger partial charge in [0.15, 0.2) is 0 Å². The summed E-state index contributed by atoms with van der Waals surface area (Å²) in [6.45, 7) is 5.65. The molecule has 196 valence electrons. The molecule has 37 heavy (non-hydrogen) atoms. The standard InChI is InChI=1S/C25H29ClN6O5/c1-15-19(16(2)37-29-15)5-7-24(33)31-12-21-23(13-31)36-14-18-11-32(30-28-18)8-3-9-35-22-10-17(25(34)27-21)4-6-20(22)26/h4,6,10-11,21,23H,3,5,7-9,12-14H2,1-2H3,(H,27,34)/t21-,23-/m0/s1. The zero-order valence-electron chi connectivity index (χ0n) is 20.8. The summed E-state index contributed by atoms with van der Waals surface area (Å²) in [5, 5.41) is 15.8. The third-order valence-electron chi connectivity index (χ3n) is 6.72. The van der Waals surface area contributed by atoms with Gasteiger partial charge in [-0.1, -0.05) is 22.0 Å². The van der Waals surface area contributed by atoms with Gasteiger partial charge in [0.2, 0.25) is 5.91 Å². The van der Waals surface area contributed by atoms with Crippen LogP contribution in [0.2, 0.25) is 5.02 Å². The maximum atomic E-state index is 13.1. The molecule has 2 aliphatic heterocycles. The number of likely N-dealkylation sites (tertiary alicyclic amines) is 1. The number of aryl methyl sites for hydroxylation is 3. The van der Waals surface area contributed by atoms with Crippen LogP contribution < -0.4 is 10.1 Å². The van der Waals surface area contributed by atoms with Crippen molar-refractivity contribution in [3.63, 3.8) is 0 Å². The van der Waals surface area contributed by atoms with Gasteiger partial charge in [0.05, 0.1) is 42.3 Å². The Morgan fingerprint density at radius 2 is 2.14 bits per heavy atom. The molecule has 4 heterocycles. The first kappa shape index (κ1) is 25.2. The first-order valence-electron chi connectivity index (χ1n) is 12.3. The zero-order chi connectivity index (χ0) is 25.9. The number of benzene rings is 1. The molecule has 1 fully saturated rings. The second-order valence-corrected chi connectivity index (χ2v) is 9.76. The smallest absolute Gasteiger partial charge is 0.251 e. The van der Waals surface area contributed by atoms with Crippen molar-refractivity contribution in [2.75, 3.05) is 19.7 Å². The van der Waals surface area contributed by atoms with Gasteiger partial charge >= 0.3 is 0 Å². The maximum absolute atomic E-state index is 13.1. The van der Waals surface area contributed by atoms with E-state index in [4.69, 9.17) is 25.6 Å². The summed E-state index contributed by atoms with van der Waals surface area (Å²) in [6, 6.07) is 4.53. The van der Waals surface area contributed by atoms with E-state index in [0.29, 0.717) is 67.5 Å². The van der Waals surface area contributed by atoms with E-state index >= 15 is 0 Å². The lowest BCUT2D eigenvalue weighted by molar-refractivity contribution is -0.130. The molecule has 0 saturated carbocycles. The SMILES string of the molecule is Cc1noc(C)c1CCC(=O)N1C[C@@H]2NC(=O)c3ccc(Cl)c(c3)OCCCn3cc(nn3)CO[C@H]2C1. The van der Waals surface area contributed by atoms with Gasteiger partial charge in [-0.05, 0) is 38.5 Å². The lowest BCUT2D eigenvalue weighted by atomic mass is 10.1. The van der Waals surface area contributed by atoms with Gasteiger partial charge in [-0.15, -0.1) is 5.10 Å². The minimum Gasteiger partial charge on any atom is -0.492 e. The average molecular weight is 529 g/mol. The van der Waals surface area contributed by atoms with Crippen molar-refractivity contribution in [3.05, 3.63) is 57.7 Å². The number of amides is 2. The van der Waals surface area contributed by atoms with Crippen LogP contribution in [-0.4, -0.2) is 68.7 Å². The fourth-order valence-corrected chi connectivity index (χ4v) is 4.83. The molecule has 0 radical (unpaired) electrons. The van der Waals surface area contributed by atoms with E-state index in [2.05, 4.69) is 20.8 Å². The number of nitrogens with zero attached hydrogens (tertiary/aromatic N) is 5. The van der Waals surface area contributed by atoms with Gasteiger partial charge in [-0.3, -0.25) is 14.3 Å². The first-order valence-corrected chi connectivity index (χ1v) is 12.7. The molecule has 2 aliphatic rings. The highest BCUT2D eigenvalue weighted by molar-refractivity contribution is 6.32. The van der Waals surface area contributed by atoms with Gasteiger partial charge in [-0.25, -0.2) is 0 Å². The maximum Gasteiger partial charge on any atom is 0.251 e. The third-order valence-corrected chi connectivity index (χ3v) is 7.03. The number of hydrogen-bond acceptors (Lipinski definition) is 8. The Morgan fingerprint density at radius 1 is 1.27 bits per heavy atom. The van der Waals surface area contributed by atoms with Crippen LogP contribution >= 0.6 is 11.6 Å². The molecule has 0 aliphatic carbocycles. The summed E-state index contributed by atoms with van der Waals surface area (Å²) in [7, 11) is 0. The highest BCUT2D eigenvalue weighted by Crippen LogP contribution is 2.26. The summed E-state index contributed by atoms with van der Waals surface area (Å²) in [5.74, 6) is 0.852. The summed E-state index contributed by atoms with van der Waals surface area (Å²) in [4.78, 5) is 28.0. The Labute approximate surface area is 219 Å². The minimum atomic E-state index is -0.409. The van der Waals surface area contributed by atoms with Gasteiger partial charge in [0, 0.05) is 43.6 Å². The van der Waals surface area contributed by atoms with E-state index in [1.54, 1.807) is 27.8 Å². The number of carbonyl (C=O) groups is 2. The van der Waals surface area contributed by atoms with E-state index in [0.717, 1.165) is 17.0 Å². The quantitative estimate of drug-likeness (QED) is 0.549. The van der Waals surface area contributed by atoms with Gasteiger partial charge in [-0.2, -0.15) is 0 Å². The predicted molar refractivity (Wildman–Crippen MR) is 132 cm³/mol. The number of carbonyl (C=O) groups excluding carboxylic acids is 2. The lowest BCUT2D eigenvalue weighted by Crippen LogP contribution is -2.44. The van der Waals surface area contributed by atoms with Crippen LogP contribution in [0.15, 0.2) is 28.9 Å². The van der Waals surface area contributed by atoms with Crippen molar-refractivity contribution in [1.29, 1.82) is 0 Å².